The van der Waals surface area contributed by atoms with Crippen LogP contribution in [0, 0.1) is 5.82 Å². The zero-order valence-corrected chi connectivity index (χ0v) is 14.4. The molecule has 0 N–H and O–H groups in total. The van der Waals surface area contributed by atoms with Gasteiger partial charge in [-0.15, -0.1) is 0 Å². The van der Waals surface area contributed by atoms with Gasteiger partial charge < -0.3 is 13.9 Å². The second kappa shape index (κ2) is 7.39. The summed E-state index contributed by atoms with van der Waals surface area (Å²) in [4.78, 5) is 24.1. The predicted octanol–water partition coefficient (Wildman–Crippen LogP) is 3.71. The third-order valence-corrected chi connectivity index (χ3v) is 4.07. The Hall–Kier alpha value is -3.15. The first-order valence-electron chi connectivity index (χ1n) is 8.07. The Labute approximate surface area is 149 Å². The summed E-state index contributed by atoms with van der Waals surface area (Å²) >= 11 is 0. The molecule has 1 aromatic heterocycles. The molecule has 134 valence electrons. The molecule has 0 aliphatic carbocycles. The molecule has 0 saturated carbocycles. The molecule has 3 aromatic rings. The normalized spacial score (nSPS) is 10.7. The van der Waals surface area contributed by atoms with Gasteiger partial charge in [0.15, 0.2) is 6.61 Å². The third kappa shape index (κ3) is 3.44. The topological polar surface area (TPSA) is 65.7 Å². The van der Waals surface area contributed by atoms with E-state index in [1.807, 2.05) is 6.92 Å². The van der Waals surface area contributed by atoms with Crippen molar-refractivity contribution in [3.8, 4) is 16.9 Å². The first kappa shape index (κ1) is 17.7. The van der Waals surface area contributed by atoms with Gasteiger partial charge in [0.25, 0.3) is 0 Å². The molecule has 0 atom stereocenters. The highest BCUT2D eigenvalue weighted by Gasteiger charge is 2.14. The standard InChI is InChI=1S/C20H17FO5/c1-3-12-8-15-18(9-17(12)26-11-19(22)24-2)25-10-16(20(15)23)13-4-6-14(21)7-5-13/h4-10H,3,11H2,1-2H3. The second-order valence-electron chi connectivity index (χ2n) is 5.66. The second-order valence-corrected chi connectivity index (χ2v) is 5.66. The maximum absolute atomic E-state index is 13.1. The Morgan fingerprint density at radius 2 is 1.92 bits per heavy atom. The number of aryl methyl sites for hydroxylation is 1. The van der Waals surface area contributed by atoms with Gasteiger partial charge in [-0.05, 0) is 35.7 Å². The van der Waals surface area contributed by atoms with Crippen molar-refractivity contribution in [1.82, 2.24) is 0 Å². The number of hydrogen-bond donors (Lipinski definition) is 0. The summed E-state index contributed by atoms with van der Waals surface area (Å²) < 4.78 is 28.7. The summed E-state index contributed by atoms with van der Waals surface area (Å²) in [5.41, 5.74) is 1.82. The number of benzene rings is 2. The van der Waals surface area contributed by atoms with E-state index in [-0.39, 0.29) is 17.9 Å². The van der Waals surface area contributed by atoms with Crippen molar-refractivity contribution < 1.29 is 23.1 Å². The number of rotatable bonds is 5. The fraction of sp³-hybridized carbons (Fsp3) is 0.200. The van der Waals surface area contributed by atoms with Crippen molar-refractivity contribution in [2.24, 2.45) is 0 Å². The average molecular weight is 356 g/mol. The molecule has 0 aliphatic rings. The molecule has 0 unspecified atom stereocenters. The molecular weight excluding hydrogens is 339 g/mol. The molecule has 26 heavy (non-hydrogen) atoms. The lowest BCUT2D eigenvalue weighted by atomic mass is 10.0. The summed E-state index contributed by atoms with van der Waals surface area (Å²) in [5, 5.41) is 0.397. The Kier molecular flexibility index (Phi) is 5.02. The van der Waals surface area contributed by atoms with Crippen molar-refractivity contribution in [1.29, 1.82) is 0 Å². The van der Waals surface area contributed by atoms with E-state index in [1.54, 1.807) is 12.1 Å². The maximum atomic E-state index is 13.1. The molecule has 1 heterocycles. The van der Waals surface area contributed by atoms with Gasteiger partial charge in [0.05, 0.1) is 18.1 Å². The number of fused-ring (bicyclic) bond motifs is 1. The van der Waals surface area contributed by atoms with Crippen LogP contribution in [0.5, 0.6) is 5.75 Å². The van der Waals surface area contributed by atoms with Crippen molar-refractivity contribution in [2.75, 3.05) is 13.7 Å². The Balaban J connectivity index is 2.07. The summed E-state index contributed by atoms with van der Waals surface area (Å²) in [6.45, 7) is 1.69. The number of methoxy groups -OCH3 is 1. The van der Waals surface area contributed by atoms with E-state index >= 15 is 0 Å². The molecular formula is C20H17FO5. The van der Waals surface area contributed by atoms with E-state index in [1.165, 1.54) is 37.6 Å². The molecule has 3 rings (SSSR count). The van der Waals surface area contributed by atoms with Crippen LogP contribution in [0.2, 0.25) is 0 Å². The smallest absolute Gasteiger partial charge is 0.343 e. The zero-order valence-electron chi connectivity index (χ0n) is 14.4. The summed E-state index contributed by atoms with van der Waals surface area (Å²) in [7, 11) is 1.28. The largest absolute Gasteiger partial charge is 0.481 e. The van der Waals surface area contributed by atoms with E-state index in [0.717, 1.165) is 5.56 Å². The molecule has 0 spiro atoms. The van der Waals surface area contributed by atoms with Gasteiger partial charge in [0.1, 0.15) is 23.4 Å². The number of hydrogen-bond acceptors (Lipinski definition) is 5. The van der Waals surface area contributed by atoms with Crippen LogP contribution in [0.3, 0.4) is 0 Å². The first-order valence-corrected chi connectivity index (χ1v) is 8.07. The van der Waals surface area contributed by atoms with Crippen molar-refractivity contribution in [2.45, 2.75) is 13.3 Å². The van der Waals surface area contributed by atoms with Crippen LogP contribution in [-0.4, -0.2) is 19.7 Å². The number of ether oxygens (including phenoxy) is 2. The van der Waals surface area contributed by atoms with Gasteiger partial charge in [-0.2, -0.15) is 0 Å². The van der Waals surface area contributed by atoms with Gasteiger partial charge in [-0.25, -0.2) is 9.18 Å². The lowest BCUT2D eigenvalue weighted by molar-refractivity contribution is -0.142. The fourth-order valence-corrected chi connectivity index (χ4v) is 2.64. The van der Waals surface area contributed by atoms with Crippen LogP contribution in [0.4, 0.5) is 4.39 Å². The summed E-state index contributed by atoms with van der Waals surface area (Å²) in [6.07, 6.45) is 1.94. The molecule has 5 nitrogen and oxygen atoms in total. The minimum Gasteiger partial charge on any atom is -0.481 e. The minimum atomic E-state index is -0.500. The Bertz CT molecular complexity index is 1010. The highest BCUT2D eigenvalue weighted by atomic mass is 19.1. The van der Waals surface area contributed by atoms with E-state index in [0.29, 0.717) is 34.3 Å². The lowest BCUT2D eigenvalue weighted by Crippen LogP contribution is -2.13. The quantitative estimate of drug-likeness (QED) is 0.652. The molecule has 0 radical (unpaired) electrons. The maximum Gasteiger partial charge on any atom is 0.343 e. The summed E-state index contributed by atoms with van der Waals surface area (Å²) in [5.74, 6) is -0.414. The third-order valence-electron chi connectivity index (χ3n) is 4.07. The van der Waals surface area contributed by atoms with E-state index in [4.69, 9.17) is 9.15 Å². The Morgan fingerprint density at radius 1 is 1.19 bits per heavy atom. The lowest BCUT2D eigenvalue weighted by Gasteiger charge is -2.11. The molecule has 0 aliphatic heterocycles. The molecule has 0 amide bonds. The van der Waals surface area contributed by atoms with Crippen LogP contribution in [-0.2, 0) is 16.0 Å². The van der Waals surface area contributed by atoms with Crippen LogP contribution < -0.4 is 10.2 Å². The molecule has 0 bridgehead atoms. The van der Waals surface area contributed by atoms with Crippen molar-refractivity contribution in [3.63, 3.8) is 0 Å². The van der Waals surface area contributed by atoms with E-state index in [2.05, 4.69) is 4.74 Å². The van der Waals surface area contributed by atoms with Crippen molar-refractivity contribution >= 4 is 16.9 Å². The van der Waals surface area contributed by atoms with Crippen LogP contribution in [0.15, 0.2) is 51.9 Å². The number of carbonyl (C=O) groups excluding carboxylic acids is 1. The fourth-order valence-electron chi connectivity index (χ4n) is 2.64. The van der Waals surface area contributed by atoms with Gasteiger partial charge in [0, 0.05) is 6.07 Å². The monoisotopic (exact) mass is 356 g/mol. The SMILES string of the molecule is CCc1cc2c(=O)c(-c3ccc(F)cc3)coc2cc1OCC(=O)OC. The Morgan fingerprint density at radius 3 is 2.58 bits per heavy atom. The van der Waals surface area contributed by atoms with Crippen LogP contribution in [0.1, 0.15) is 12.5 Å². The van der Waals surface area contributed by atoms with Gasteiger partial charge >= 0.3 is 5.97 Å². The van der Waals surface area contributed by atoms with E-state index in [9.17, 15) is 14.0 Å². The predicted molar refractivity (Wildman–Crippen MR) is 94.8 cm³/mol. The minimum absolute atomic E-state index is 0.216. The highest BCUT2D eigenvalue weighted by Crippen LogP contribution is 2.27. The zero-order chi connectivity index (χ0) is 18.7. The van der Waals surface area contributed by atoms with Crippen LogP contribution >= 0.6 is 0 Å². The molecule has 0 saturated heterocycles. The van der Waals surface area contributed by atoms with Crippen molar-refractivity contribution in [3.05, 3.63) is 64.3 Å². The number of halogens is 1. The molecule has 6 heteroatoms. The van der Waals surface area contributed by atoms with E-state index < -0.39 is 5.97 Å². The van der Waals surface area contributed by atoms with Crippen LogP contribution in [0.25, 0.3) is 22.1 Å². The summed E-state index contributed by atoms with van der Waals surface area (Å²) in [6, 6.07) is 8.93. The molecule has 2 aromatic carbocycles. The average Bonchev–Trinajstić information content (AvgIpc) is 2.66. The highest BCUT2D eigenvalue weighted by molar-refractivity contribution is 5.84. The van der Waals surface area contributed by atoms with Gasteiger partial charge in [0.2, 0.25) is 5.43 Å². The van der Waals surface area contributed by atoms with Gasteiger partial charge in [-0.3, -0.25) is 4.79 Å². The number of carbonyl (C=O) groups is 1. The van der Waals surface area contributed by atoms with Gasteiger partial charge in [-0.1, -0.05) is 19.1 Å². The first-order chi connectivity index (χ1) is 12.5. The molecule has 0 fully saturated rings. The number of esters is 1.